The molecule has 0 bridgehead atoms. The molecule has 2 fully saturated rings. The zero-order valence-electron chi connectivity index (χ0n) is 17.3. The van der Waals surface area contributed by atoms with Crippen LogP contribution in [0.15, 0.2) is 17.4 Å². The Hall–Kier alpha value is -0.870. The summed E-state index contributed by atoms with van der Waals surface area (Å²) in [6.45, 7) is 12.9. The van der Waals surface area contributed by atoms with Gasteiger partial charge >= 0.3 is 0 Å². The maximum atomic E-state index is 4.98. The minimum Gasteiger partial charge on any atom is -0.357 e. The Balaban J connectivity index is 0.00000261. The molecular weight excluding hydrogens is 453 g/mol. The maximum absolute atomic E-state index is 4.98. The summed E-state index contributed by atoms with van der Waals surface area (Å²) in [6.07, 6.45) is 5.32. The topological polar surface area (TPSA) is 51.9 Å². The van der Waals surface area contributed by atoms with E-state index in [2.05, 4.69) is 52.2 Å². The number of aliphatic imine (C=N–C) groups is 1. The van der Waals surface area contributed by atoms with Crippen LogP contribution in [0.5, 0.6) is 0 Å². The number of hydrogen-bond donors (Lipinski definition) is 1. The van der Waals surface area contributed by atoms with Gasteiger partial charge in [-0.2, -0.15) is 5.10 Å². The number of nitrogens with one attached hydrogen (secondary N) is 1. The summed E-state index contributed by atoms with van der Waals surface area (Å²) in [5.41, 5.74) is 1.34. The van der Waals surface area contributed by atoms with Gasteiger partial charge in [0.25, 0.3) is 0 Å². The fourth-order valence-corrected chi connectivity index (χ4v) is 3.90. The minimum atomic E-state index is 0. The monoisotopic (exact) mass is 489 g/mol. The highest BCUT2D eigenvalue weighted by Crippen LogP contribution is 2.26. The van der Waals surface area contributed by atoms with Crippen LogP contribution >= 0.6 is 24.0 Å². The van der Waals surface area contributed by atoms with E-state index in [0.717, 1.165) is 58.3 Å². The van der Waals surface area contributed by atoms with Crippen LogP contribution in [-0.2, 0) is 7.05 Å². The number of likely N-dealkylation sites (N-methyl/N-ethyl adjacent to an activating group) is 1. The zero-order chi connectivity index (χ0) is 18.5. The Morgan fingerprint density at radius 2 is 2.00 bits per heavy atom. The van der Waals surface area contributed by atoms with E-state index in [9.17, 15) is 0 Å². The zero-order valence-corrected chi connectivity index (χ0v) is 19.6. The molecule has 1 aromatic rings. The van der Waals surface area contributed by atoms with Gasteiger partial charge in [0.2, 0.25) is 0 Å². The van der Waals surface area contributed by atoms with Gasteiger partial charge in [0.1, 0.15) is 0 Å². The van der Waals surface area contributed by atoms with Gasteiger partial charge in [0, 0.05) is 71.0 Å². The number of hydrogen-bond acceptors (Lipinski definition) is 4. The third kappa shape index (κ3) is 6.05. The molecule has 0 spiro atoms. The normalized spacial score (nSPS) is 23.3. The number of halogens is 1. The molecule has 2 aliphatic heterocycles. The summed E-state index contributed by atoms with van der Waals surface area (Å²) in [4.78, 5) is 12.4. The van der Waals surface area contributed by atoms with Gasteiger partial charge in [-0.25, -0.2) is 0 Å². The fourth-order valence-electron chi connectivity index (χ4n) is 3.90. The molecule has 0 amide bonds. The molecule has 3 heterocycles. The van der Waals surface area contributed by atoms with Gasteiger partial charge in [-0.3, -0.25) is 14.6 Å². The molecular formula is C19H36IN7. The van der Waals surface area contributed by atoms with Crippen molar-refractivity contribution in [2.24, 2.45) is 12.0 Å². The van der Waals surface area contributed by atoms with Crippen molar-refractivity contribution >= 4 is 29.9 Å². The second-order valence-corrected chi connectivity index (χ2v) is 7.76. The van der Waals surface area contributed by atoms with Gasteiger partial charge in [0.05, 0.1) is 12.7 Å². The molecule has 27 heavy (non-hydrogen) atoms. The second-order valence-electron chi connectivity index (χ2n) is 7.76. The van der Waals surface area contributed by atoms with Gasteiger partial charge < -0.3 is 15.1 Å². The third-order valence-electron chi connectivity index (χ3n) is 5.69. The molecule has 2 atom stereocenters. The van der Waals surface area contributed by atoms with E-state index in [1.807, 2.05) is 17.9 Å². The van der Waals surface area contributed by atoms with E-state index in [1.54, 1.807) is 0 Å². The molecule has 0 aliphatic carbocycles. The molecule has 2 unspecified atom stereocenters. The molecule has 8 heteroatoms. The summed E-state index contributed by atoms with van der Waals surface area (Å²) in [5, 5.41) is 7.82. The highest BCUT2D eigenvalue weighted by molar-refractivity contribution is 14.0. The number of aryl methyl sites for hydroxylation is 1. The predicted octanol–water partition coefficient (Wildman–Crippen LogP) is 1.43. The number of likely N-dealkylation sites (tertiary alicyclic amines) is 1. The lowest BCUT2D eigenvalue weighted by atomic mass is 10.0. The van der Waals surface area contributed by atoms with Crippen molar-refractivity contribution in [3.05, 3.63) is 18.0 Å². The number of guanidine groups is 1. The van der Waals surface area contributed by atoms with E-state index in [1.165, 1.54) is 12.0 Å². The molecule has 2 aliphatic rings. The highest BCUT2D eigenvalue weighted by Gasteiger charge is 2.27. The smallest absolute Gasteiger partial charge is 0.193 e. The number of rotatable bonds is 5. The molecule has 0 radical (unpaired) electrons. The molecule has 0 saturated carbocycles. The summed E-state index contributed by atoms with van der Waals surface area (Å²) < 4.78 is 1.90. The van der Waals surface area contributed by atoms with Crippen molar-refractivity contribution < 1.29 is 0 Å². The number of piperazine rings is 1. The highest BCUT2D eigenvalue weighted by atomic mass is 127. The Morgan fingerprint density at radius 1 is 1.26 bits per heavy atom. The van der Waals surface area contributed by atoms with E-state index >= 15 is 0 Å². The Bertz CT molecular complexity index is 595. The van der Waals surface area contributed by atoms with Crippen molar-refractivity contribution in [2.75, 3.05) is 59.4 Å². The van der Waals surface area contributed by atoms with Crippen LogP contribution in [0.2, 0.25) is 0 Å². The van der Waals surface area contributed by atoms with Crippen LogP contribution < -0.4 is 5.32 Å². The molecule has 3 rings (SSSR count). The van der Waals surface area contributed by atoms with Crippen molar-refractivity contribution in [3.63, 3.8) is 0 Å². The molecule has 7 nitrogen and oxygen atoms in total. The lowest BCUT2D eigenvalue weighted by Crippen LogP contribution is -2.49. The lowest BCUT2D eigenvalue weighted by molar-refractivity contribution is 0.122. The van der Waals surface area contributed by atoms with Crippen LogP contribution in [0.3, 0.4) is 0 Å². The molecule has 1 N–H and O–H groups in total. The maximum Gasteiger partial charge on any atom is 0.193 e. The summed E-state index contributed by atoms with van der Waals surface area (Å²) >= 11 is 0. The average molecular weight is 489 g/mol. The fraction of sp³-hybridized carbons (Fsp3) is 0.789. The predicted molar refractivity (Wildman–Crippen MR) is 122 cm³/mol. The quantitative estimate of drug-likeness (QED) is 0.386. The van der Waals surface area contributed by atoms with Gasteiger partial charge in [0.15, 0.2) is 5.96 Å². The SMILES string of the molecule is CCNC(=NCC(C)N1CCN(C)CC1)N1CCC(c2cnn(C)c2)C1.I. The van der Waals surface area contributed by atoms with Crippen LogP contribution in [0.25, 0.3) is 0 Å². The molecule has 1 aromatic heterocycles. The van der Waals surface area contributed by atoms with E-state index in [-0.39, 0.29) is 24.0 Å². The minimum absolute atomic E-state index is 0. The van der Waals surface area contributed by atoms with Gasteiger partial charge in [-0.15, -0.1) is 24.0 Å². The molecule has 154 valence electrons. The van der Waals surface area contributed by atoms with Crippen LogP contribution in [0.4, 0.5) is 0 Å². The van der Waals surface area contributed by atoms with E-state index < -0.39 is 0 Å². The Labute approximate surface area is 181 Å². The van der Waals surface area contributed by atoms with Gasteiger partial charge in [-0.05, 0) is 32.9 Å². The van der Waals surface area contributed by atoms with Crippen LogP contribution in [0, 0.1) is 0 Å². The van der Waals surface area contributed by atoms with Crippen LogP contribution in [-0.4, -0.2) is 95.9 Å². The second kappa shape index (κ2) is 10.6. The first-order valence-corrected chi connectivity index (χ1v) is 10.0. The summed E-state index contributed by atoms with van der Waals surface area (Å²) in [7, 11) is 4.19. The number of nitrogens with zero attached hydrogens (tertiary/aromatic N) is 6. The largest absolute Gasteiger partial charge is 0.357 e. The first-order chi connectivity index (χ1) is 12.6. The Morgan fingerprint density at radius 3 is 2.63 bits per heavy atom. The third-order valence-corrected chi connectivity index (χ3v) is 5.69. The first kappa shape index (κ1) is 22.4. The Kier molecular flexibility index (Phi) is 8.81. The molecule has 0 aromatic carbocycles. The number of aromatic nitrogens is 2. The lowest BCUT2D eigenvalue weighted by Gasteiger charge is -2.36. The standard InChI is InChI=1S/C19H35N7.HI/c1-5-20-19(21-12-16(2)25-10-8-23(3)9-11-25)26-7-6-17(15-26)18-13-22-24(4)14-18;/h13-14,16-17H,5-12,15H2,1-4H3,(H,20,21);1H. The van der Waals surface area contributed by atoms with E-state index in [4.69, 9.17) is 4.99 Å². The summed E-state index contributed by atoms with van der Waals surface area (Å²) in [5.74, 6) is 1.63. The summed E-state index contributed by atoms with van der Waals surface area (Å²) in [6, 6.07) is 0.495. The van der Waals surface area contributed by atoms with Crippen molar-refractivity contribution in [3.8, 4) is 0 Å². The van der Waals surface area contributed by atoms with Crippen molar-refractivity contribution in [1.29, 1.82) is 0 Å². The van der Waals surface area contributed by atoms with Crippen LogP contribution in [0.1, 0.15) is 31.7 Å². The van der Waals surface area contributed by atoms with Crippen molar-refractivity contribution in [2.45, 2.75) is 32.2 Å². The van der Waals surface area contributed by atoms with Gasteiger partial charge in [-0.1, -0.05) is 0 Å². The first-order valence-electron chi connectivity index (χ1n) is 10.0. The molecule has 2 saturated heterocycles. The van der Waals surface area contributed by atoms with E-state index in [0.29, 0.717) is 12.0 Å². The van der Waals surface area contributed by atoms with Crippen molar-refractivity contribution in [1.82, 2.24) is 29.8 Å². The average Bonchev–Trinajstić information content (AvgIpc) is 3.28.